The van der Waals surface area contributed by atoms with E-state index in [1.165, 1.54) is 18.2 Å². The molecule has 3 rings (SSSR count). The Kier molecular flexibility index (Phi) is 4.79. The van der Waals surface area contributed by atoms with Crippen LogP contribution in [0.15, 0.2) is 54.1 Å². The largest absolute Gasteiger partial charge is 0.494 e. The van der Waals surface area contributed by atoms with Crippen LogP contribution in [-0.2, 0) is 9.59 Å². The van der Waals surface area contributed by atoms with Gasteiger partial charge in [0.05, 0.1) is 12.3 Å². The topological polar surface area (TPSA) is 75.7 Å². The summed E-state index contributed by atoms with van der Waals surface area (Å²) in [6.07, 6.45) is 1.39. The van der Waals surface area contributed by atoms with E-state index in [0.29, 0.717) is 17.9 Å². The van der Waals surface area contributed by atoms with Crippen molar-refractivity contribution >= 4 is 29.6 Å². The monoisotopic (exact) mass is 354 g/mol. The third-order valence-electron chi connectivity index (χ3n) is 3.69. The predicted molar refractivity (Wildman–Crippen MR) is 93.0 cm³/mol. The molecule has 4 amide bonds. The molecular formula is C19H15FN2O4. The number of rotatable bonds is 4. The number of ether oxygens (including phenoxy) is 1. The van der Waals surface area contributed by atoms with E-state index in [2.05, 4.69) is 5.32 Å². The number of carbonyl (C=O) groups excluding carboxylic acids is 3. The summed E-state index contributed by atoms with van der Waals surface area (Å²) in [6, 6.07) is 10.8. The Balaban J connectivity index is 1.93. The molecule has 132 valence electrons. The smallest absolute Gasteiger partial charge is 0.335 e. The van der Waals surface area contributed by atoms with E-state index < -0.39 is 23.7 Å². The normalized spacial score (nSPS) is 16.0. The molecule has 0 saturated carbocycles. The molecule has 1 N–H and O–H groups in total. The lowest BCUT2D eigenvalue weighted by Crippen LogP contribution is -2.54. The van der Waals surface area contributed by atoms with Crippen molar-refractivity contribution in [3.8, 4) is 5.75 Å². The number of carbonyl (C=O) groups is 3. The lowest BCUT2D eigenvalue weighted by atomic mass is 10.1. The third-order valence-corrected chi connectivity index (χ3v) is 3.69. The van der Waals surface area contributed by atoms with Crippen LogP contribution in [0.1, 0.15) is 12.5 Å². The van der Waals surface area contributed by atoms with Crippen LogP contribution in [0.4, 0.5) is 14.9 Å². The molecular weight excluding hydrogens is 339 g/mol. The average Bonchev–Trinajstić information content (AvgIpc) is 2.62. The Bertz CT molecular complexity index is 889. The zero-order valence-electron chi connectivity index (χ0n) is 13.9. The van der Waals surface area contributed by atoms with Gasteiger partial charge in [0.15, 0.2) is 0 Å². The number of hydrogen-bond donors (Lipinski definition) is 1. The van der Waals surface area contributed by atoms with E-state index >= 15 is 0 Å². The van der Waals surface area contributed by atoms with Gasteiger partial charge < -0.3 is 4.74 Å². The third kappa shape index (κ3) is 3.46. The molecule has 26 heavy (non-hydrogen) atoms. The Morgan fingerprint density at radius 3 is 2.31 bits per heavy atom. The second-order valence-electron chi connectivity index (χ2n) is 5.44. The van der Waals surface area contributed by atoms with Crippen LogP contribution in [0, 0.1) is 5.82 Å². The van der Waals surface area contributed by atoms with E-state index in [1.807, 2.05) is 6.92 Å². The standard InChI is InChI=1S/C19H15FN2O4/c1-2-26-15-9-3-12(4-10-15)11-16-17(23)21-19(25)22(18(16)24)14-7-5-13(20)6-8-14/h3-11H,2H2,1H3,(H,21,23,25)/b16-11+. The number of barbiturate groups is 1. The quantitative estimate of drug-likeness (QED) is 0.677. The second-order valence-corrected chi connectivity index (χ2v) is 5.44. The number of nitrogens with zero attached hydrogens (tertiary/aromatic N) is 1. The van der Waals surface area contributed by atoms with Crippen LogP contribution >= 0.6 is 0 Å². The molecule has 7 heteroatoms. The fourth-order valence-electron chi connectivity index (χ4n) is 2.48. The molecule has 0 unspecified atom stereocenters. The van der Waals surface area contributed by atoms with Gasteiger partial charge in [0.1, 0.15) is 17.1 Å². The van der Waals surface area contributed by atoms with Gasteiger partial charge >= 0.3 is 6.03 Å². The zero-order chi connectivity index (χ0) is 18.7. The van der Waals surface area contributed by atoms with Gasteiger partial charge in [-0.05, 0) is 55.0 Å². The maximum atomic E-state index is 13.1. The SMILES string of the molecule is CCOc1ccc(/C=C2\C(=O)NC(=O)N(c3ccc(F)cc3)C2=O)cc1. The molecule has 1 fully saturated rings. The highest BCUT2D eigenvalue weighted by Crippen LogP contribution is 2.22. The fraction of sp³-hybridized carbons (Fsp3) is 0.105. The molecule has 0 aliphatic carbocycles. The van der Waals surface area contributed by atoms with Crippen molar-refractivity contribution in [2.75, 3.05) is 11.5 Å². The fourth-order valence-corrected chi connectivity index (χ4v) is 2.48. The number of halogens is 1. The minimum Gasteiger partial charge on any atom is -0.494 e. The molecule has 1 saturated heterocycles. The van der Waals surface area contributed by atoms with Gasteiger partial charge in [0.25, 0.3) is 11.8 Å². The summed E-state index contributed by atoms with van der Waals surface area (Å²) in [5.41, 5.74) is 0.567. The number of anilines is 1. The van der Waals surface area contributed by atoms with Crippen molar-refractivity contribution in [2.45, 2.75) is 6.92 Å². The Hall–Kier alpha value is -3.48. The molecule has 2 aromatic rings. The highest BCUT2D eigenvalue weighted by molar-refractivity contribution is 6.39. The molecule has 0 bridgehead atoms. The van der Waals surface area contributed by atoms with Crippen LogP contribution in [-0.4, -0.2) is 24.5 Å². The minimum absolute atomic E-state index is 0.166. The summed E-state index contributed by atoms with van der Waals surface area (Å²) in [5, 5.41) is 2.12. The molecule has 0 spiro atoms. The molecule has 0 aromatic heterocycles. The van der Waals surface area contributed by atoms with Gasteiger partial charge in [-0.2, -0.15) is 0 Å². The number of nitrogens with one attached hydrogen (secondary N) is 1. The summed E-state index contributed by atoms with van der Waals surface area (Å²) in [7, 11) is 0. The zero-order valence-corrected chi connectivity index (χ0v) is 13.9. The van der Waals surface area contributed by atoms with Crippen molar-refractivity contribution in [1.29, 1.82) is 0 Å². The predicted octanol–water partition coefficient (Wildman–Crippen LogP) is 2.89. The van der Waals surface area contributed by atoms with Crippen molar-refractivity contribution in [1.82, 2.24) is 5.32 Å². The first-order valence-corrected chi connectivity index (χ1v) is 7.89. The first-order chi connectivity index (χ1) is 12.5. The van der Waals surface area contributed by atoms with Crippen LogP contribution < -0.4 is 15.0 Å². The number of urea groups is 1. The molecule has 0 atom stereocenters. The van der Waals surface area contributed by atoms with Gasteiger partial charge in [0.2, 0.25) is 0 Å². The average molecular weight is 354 g/mol. The van der Waals surface area contributed by atoms with Crippen LogP contribution in [0.5, 0.6) is 5.75 Å². The van der Waals surface area contributed by atoms with E-state index in [9.17, 15) is 18.8 Å². The lowest BCUT2D eigenvalue weighted by molar-refractivity contribution is -0.122. The number of benzene rings is 2. The van der Waals surface area contributed by atoms with E-state index in [0.717, 1.165) is 17.0 Å². The highest BCUT2D eigenvalue weighted by atomic mass is 19.1. The Morgan fingerprint density at radius 1 is 1.04 bits per heavy atom. The summed E-state index contributed by atoms with van der Waals surface area (Å²) in [4.78, 5) is 37.6. The van der Waals surface area contributed by atoms with Gasteiger partial charge in [-0.15, -0.1) is 0 Å². The lowest BCUT2D eigenvalue weighted by Gasteiger charge is -2.26. The van der Waals surface area contributed by atoms with Gasteiger partial charge in [-0.3, -0.25) is 14.9 Å². The second kappa shape index (κ2) is 7.18. The molecule has 6 nitrogen and oxygen atoms in total. The van der Waals surface area contributed by atoms with Crippen molar-refractivity contribution in [2.24, 2.45) is 0 Å². The van der Waals surface area contributed by atoms with Gasteiger partial charge in [0, 0.05) is 0 Å². The Morgan fingerprint density at radius 2 is 1.69 bits per heavy atom. The molecule has 1 heterocycles. The van der Waals surface area contributed by atoms with Crippen LogP contribution in [0.2, 0.25) is 0 Å². The minimum atomic E-state index is -0.879. The van der Waals surface area contributed by atoms with Gasteiger partial charge in [-0.25, -0.2) is 14.1 Å². The van der Waals surface area contributed by atoms with Crippen LogP contribution in [0.25, 0.3) is 6.08 Å². The molecule has 0 radical (unpaired) electrons. The summed E-state index contributed by atoms with van der Waals surface area (Å²) >= 11 is 0. The molecule has 1 aliphatic heterocycles. The highest BCUT2D eigenvalue weighted by Gasteiger charge is 2.36. The van der Waals surface area contributed by atoms with Crippen LogP contribution in [0.3, 0.4) is 0 Å². The molecule has 1 aliphatic rings. The summed E-state index contributed by atoms with van der Waals surface area (Å²) in [6.45, 7) is 2.39. The first kappa shape index (κ1) is 17.3. The van der Waals surface area contributed by atoms with Crippen molar-refractivity contribution in [3.05, 3.63) is 65.5 Å². The number of hydrogen-bond acceptors (Lipinski definition) is 4. The summed E-state index contributed by atoms with van der Waals surface area (Å²) < 4.78 is 18.4. The maximum absolute atomic E-state index is 13.1. The van der Waals surface area contributed by atoms with E-state index in [1.54, 1.807) is 24.3 Å². The first-order valence-electron chi connectivity index (χ1n) is 7.89. The van der Waals surface area contributed by atoms with E-state index in [4.69, 9.17) is 4.74 Å². The molecule has 2 aromatic carbocycles. The number of amides is 4. The van der Waals surface area contributed by atoms with E-state index in [-0.39, 0.29) is 11.3 Å². The number of imide groups is 2. The van der Waals surface area contributed by atoms with Gasteiger partial charge in [-0.1, -0.05) is 12.1 Å². The maximum Gasteiger partial charge on any atom is 0.335 e. The van der Waals surface area contributed by atoms with Crippen molar-refractivity contribution < 1.29 is 23.5 Å². The Labute approximate surface area is 148 Å². The summed E-state index contributed by atoms with van der Waals surface area (Å²) in [5.74, 6) is -1.40. The van der Waals surface area contributed by atoms with Crippen molar-refractivity contribution in [3.63, 3.8) is 0 Å².